The van der Waals surface area contributed by atoms with Gasteiger partial charge in [0.05, 0.1) is 17.3 Å². The second kappa shape index (κ2) is 17.1. The van der Waals surface area contributed by atoms with Crippen molar-refractivity contribution in [1.82, 2.24) is 39.2 Å². The maximum atomic E-state index is 11.1. The molecule has 0 saturated carbocycles. The summed E-state index contributed by atoms with van der Waals surface area (Å²) in [7, 11) is 0. The van der Waals surface area contributed by atoms with Gasteiger partial charge in [-0.3, -0.25) is 10.1 Å². The van der Waals surface area contributed by atoms with E-state index in [9.17, 15) is 10.1 Å². The van der Waals surface area contributed by atoms with Gasteiger partial charge in [0.15, 0.2) is 11.3 Å². The van der Waals surface area contributed by atoms with Crippen LogP contribution in [0.4, 0.5) is 46.5 Å². The Bertz CT molecular complexity index is 2280. The molecule has 56 heavy (non-hydrogen) atoms. The van der Waals surface area contributed by atoms with Crippen LogP contribution in [-0.4, -0.2) is 82.6 Å². The number of benzene rings is 2. The number of hydrogen-bond donors (Lipinski definition) is 5. The Balaban J connectivity index is 0.000000172. The number of anilines is 7. The number of hydrogen-bond acceptors (Lipinski definition) is 15. The van der Waals surface area contributed by atoms with Gasteiger partial charge in [-0.25, -0.2) is 0 Å². The highest BCUT2D eigenvalue weighted by atomic mass is 16.6. The van der Waals surface area contributed by atoms with Crippen LogP contribution in [0, 0.1) is 10.1 Å². The summed E-state index contributed by atoms with van der Waals surface area (Å²) in [5, 5.41) is 33.3. The molecule has 2 fully saturated rings. The lowest BCUT2D eigenvalue weighted by Crippen LogP contribution is -2.29. The predicted molar refractivity (Wildman–Crippen MR) is 215 cm³/mol. The number of ether oxygens (including phenoxy) is 2. The fourth-order valence-electron chi connectivity index (χ4n) is 6.52. The van der Waals surface area contributed by atoms with Crippen molar-refractivity contribution in [3.05, 3.63) is 82.2 Å². The molecular weight excluding hydrogens is 717 g/mol. The number of nitrogens with one attached hydrogen (secondary N) is 4. The monoisotopic (exact) mass is 764 g/mol. The number of aromatic nitrogens is 8. The van der Waals surface area contributed by atoms with Gasteiger partial charge < -0.3 is 36.5 Å². The molecule has 8 rings (SSSR count). The van der Waals surface area contributed by atoms with Crippen LogP contribution in [0.15, 0.2) is 60.9 Å². The van der Waals surface area contributed by atoms with Crippen LogP contribution in [0.3, 0.4) is 0 Å². The van der Waals surface area contributed by atoms with Crippen molar-refractivity contribution >= 4 is 57.8 Å². The molecule has 4 aromatic heterocycles. The average Bonchev–Trinajstić information content (AvgIpc) is 3.82. The summed E-state index contributed by atoms with van der Waals surface area (Å²) in [6, 6.07) is 14.4. The summed E-state index contributed by atoms with van der Waals surface area (Å²) >= 11 is 0. The van der Waals surface area contributed by atoms with Gasteiger partial charge in [0.25, 0.3) is 5.69 Å². The highest BCUT2D eigenvalue weighted by Crippen LogP contribution is 2.27. The normalized spacial score (nSPS) is 15.2. The van der Waals surface area contributed by atoms with Crippen LogP contribution in [0.25, 0.3) is 11.3 Å². The lowest BCUT2D eigenvalue weighted by Gasteiger charge is -2.23. The van der Waals surface area contributed by atoms with E-state index in [1.165, 1.54) is 12.1 Å². The number of nitrogens with zero attached hydrogens (tertiary/aromatic N) is 9. The Labute approximate surface area is 323 Å². The molecule has 0 amide bonds. The minimum absolute atomic E-state index is 0.00388. The van der Waals surface area contributed by atoms with Gasteiger partial charge in [-0.05, 0) is 61.8 Å². The third-order valence-corrected chi connectivity index (χ3v) is 9.60. The zero-order valence-corrected chi connectivity index (χ0v) is 32.0. The number of non-ortho nitro benzene ring substituents is 1. The first kappa shape index (κ1) is 38.1. The minimum atomic E-state index is -0.427. The van der Waals surface area contributed by atoms with E-state index < -0.39 is 4.92 Å². The summed E-state index contributed by atoms with van der Waals surface area (Å²) in [6.07, 6.45) is 7.31. The quantitative estimate of drug-likeness (QED) is 0.0529. The lowest BCUT2D eigenvalue weighted by atomic mass is 10.1. The Morgan fingerprint density at radius 3 is 1.62 bits per heavy atom. The van der Waals surface area contributed by atoms with E-state index in [1.807, 2.05) is 30.5 Å². The molecule has 294 valence electrons. The third-order valence-electron chi connectivity index (χ3n) is 9.60. The average molecular weight is 765 g/mol. The molecule has 0 spiro atoms. The summed E-state index contributed by atoms with van der Waals surface area (Å²) in [6.45, 7) is 11.4. The summed E-state index contributed by atoms with van der Waals surface area (Å²) in [5.41, 5.74) is 11.6. The molecule has 2 saturated heterocycles. The smallest absolute Gasteiger partial charge is 0.271 e. The molecule has 2 aliphatic rings. The molecule has 6 heterocycles. The van der Waals surface area contributed by atoms with E-state index in [-0.39, 0.29) is 17.6 Å². The fourth-order valence-corrected chi connectivity index (χ4v) is 6.52. The van der Waals surface area contributed by atoms with Crippen LogP contribution in [0.5, 0.6) is 0 Å². The van der Waals surface area contributed by atoms with Gasteiger partial charge >= 0.3 is 0 Å². The standard InChI is InChI=1S/C19H23N7O3.C19H25N7O/c1-12(2)16-11-20-25-17(16)23-18(21-13-6-8-29-9-7-13)24-19(25)22-14-4-3-5-15(10-14)26(27)28;1-12(2)16-11-21-26-17(16)24-18(22-14-6-8-27-9-7-14)25-19(26)23-15-5-3-4-13(20)10-15/h3-5,10-13H,6-9H2,1-2H3,(H2,21,22,23,24);3-5,10-12,14H,6-9,20H2,1-2H3,(H2,22,23,24,25). The fraction of sp³-hybridized carbons (Fsp3) is 0.421. The number of nitro groups is 1. The molecule has 0 aliphatic carbocycles. The first-order valence-corrected chi connectivity index (χ1v) is 18.9. The number of rotatable bonds is 11. The van der Waals surface area contributed by atoms with Crippen LogP contribution in [0.1, 0.15) is 76.3 Å². The van der Waals surface area contributed by atoms with Crippen LogP contribution in [0.2, 0.25) is 0 Å². The molecule has 0 radical (unpaired) electrons. The van der Waals surface area contributed by atoms with Crippen molar-refractivity contribution in [3.8, 4) is 0 Å². The van der Waals surface area contributed by atoms with E-state index in [0.29, 0.717) is 66.0 Å². The van der Waals surface area contributed by atoms with Crippen molar-refractivity contribution in [2.45, 2.75) is 77.3 Å². The third kappa shape index (κ3) is 9.03. The molecule has 18 nitrogen and oxygen atoms in total. The van der Waals surface area contributed by atoms with E-state index in [2.05, 4.69) is 74.1 Å². The molecule has 2 aromatic carbocycles. The minimum Gasteiger partial charge on any atom is -0.399 e. The Kier molecular flexibility index (Phi) is 11.7. The number of nitro benzene ring substituents is 1. The topological polar surface area (TPSA) is 222 Å². The zero-order chi connectivity index (χ0) is 39.2. The van der Waals surface area contributed by atoms with Crippen molar-refractivity contribution in [2.75, 3.05) is 53.4 Å². The molecule has 2 aliphatic heterocycles. The van der Waals surface area contributed by atoms with E-state index in [0.717, 1.165) is 61.4 Å². The molecule has 6 N–H and O–H groups in total. The molecular formula is C38H48N14O4. The highest BCUT2D eigenvalue weighted by Gasteiger charge is 2.21. The lowest BCUT2D eigenvalue weighted by molar-refractivity contribution is -0.384. The summed E-state index contributed by atoms with van der Waals surface area (Å²) < 4.78 is 14.2. The highest BCUT2D eigenvalue weighted by molar-refractivity contribution is 5.64. The van der Waals surface area contributed by atoms with E-state index in [4.69, 9.17) is 20.2 Å². The van der Waals surface area contributed by atoms with Crippen molar-refractivity contribution in [2.24, 2.45) is 0 Å². The first-order chi connectivity index (χ1) is 27.1. The second-order valence-electron chi connectivity index (χ2n) is 14.5. The molecule has 6 aromatic rings. The van der Waals surface area contributed by atoms with Crippen molar-refractivity contribution in [1.29, 1.82) is 0 Å². The van der Waals surface area contributed by atoms with Gasteiger partial charge in [-0.15, -0.1) is 0 Å². The van der Waals surface area contributed by atoms with Gasteiger partial charge in [-0.1, -0.05) is 39.8 Å². The maximum Gasteiger partial charge on any atom is 0.271 e. The number of fused-ring (bicyclic) bond motifs is 2. The van der Waals surface area contributed by atoms with Gasteiger partial charge in [0.1, 0.15) is 0 Å². The Hall–Kier alpha value is -6.14. The molecule has 0 atom stereocenters. The van der Waals surface area contributed by atoms with Gasteiger partial charge in [0.2, 0.25) is 23.8 Å². The van der Waals surface area contributed by atoms with Crippen molar-refractivity contribution < 1.29 is 14.4 Å². The molecule has 18 heteroatoms. The summed E-state index contributed by atoms with van der Waals surface area (Å²) in [5.74, 6) is 2.70. The molecule has 0 bridgehead atoms. The molecule has 0 unspecified atom stereocenters. The predicted octanol–water partition coefficient (Wildman–Crippen LogP) is 6.65. The van der Waals surface area contributed by atoms with Gasteiger partial charge in [-0.2, -0.15) is 39.2 Å². The van der Waals surface area contributed by atoms with Crippen LogP contribution in [-0.2, 0) is 9.47 Å². The van der Waals surface area contributed by atoms with Crippen LogP contribution < -0.4 is 27.0 Å². The van der Waals surface area contributed by atoms with E-state index in [1.54, 1.807) is 27.4 Å². The Morgan fingerprint density at radius 1 is 0.714 bits per heavy atom. The number of nitrogens with two attached hydrogens (primary N) is 1. The largest absolute Gasteiger partial charge is 0.399 e. The second-order valence-corrected chi connectivity index (χ2v) is 14.5. The summed E-state index contributed by atoms with van der Waals surface area (Å²) in [4.78, 5) is 29.4. The van der Waals surface area contributed by atoms with Crippen LogP contribution >= 0.6 is 0 Å². The van der Waals surface area contributed by atoms with Gasteiger partial charge in [0, 0.05) is 78.8 Å². The maximum absolute atomic E-state index is 11.1. The zero-order valence-electron chi connectivity index (χ0n) is 32.0. The first-order valence-electron chi connectivity index (χ1n) is 18.9. The number of nitrogen functional groups attached to an aromatic ring is 1. The SMILES string of the molecule is CC(C)c1cnn2c(Nc3cccc(N)c3)nc(NC3CCOCC3)nc12.CC(C)c1cnn2c(Nc3cccc([N+](=O)[O-])c3)nc(NC3CCOCC3)nc12. The van der Waals surface area contributed by atoms with Crippen molar-refractivity contribution in [3.63, 3.8) is 0 Å². The van der Waals surface area contributed by atoms with E-state index >= 15 is 0 Å². The Morgan fingerprint density at radius 2 is 1.18 bits per heavy atom.